The topological polar surface area (TPSA) is 136 Å². The fourth-order valence-corrected chi connectivity index (χ4v) is 2.27. The zero-order valence-corrected chi connectivity index (χ0v) is 12.1. The number of nitro groups is 1. The number of amides is 2. The molecule has 0 saturated heterocycles. The van der Waals surface area contributed by atoms with Crippen LogP contribution in [0, 0.1) is 10.1 Å². The number of urea groups is 1. The molecule has 0 aliphatic rings. The summed E-state index contributed by atoms with van der Waals surface area (Å²) in [6.45, 7) is 0. The third-order valence-corrected chi connectivity index (χ3v) is 3.23. The van der Waals surface area contributed by atoms with Crippen molar-refractivity contribution in [3.05, 3.63) is 46.2 Å². The van der Waals surface area contributed by atoms with Crippen molar-refractivity contribution in [2.75, 3.05) is 5.32 Å². The van der Waals surface area contributed by atoms with E-state index in [2.05, 4.69) is 24.6 Å². The van der Waals surface area contributed by atoms with Gasteiger partial charge in [-0.1, -0.05) is 6.07 Å². The third kappa shape index (κ3) is 3.29. The number of aromatic nitrogens is 2. The first-order valence-corrected chi connectivity index (χ1v) is 6.92. The molecule has 23 heavy (non-hydrogen) atoms. The summed E-state index contributed by atoms with van der Waals surface area (Å²) >= 11 is 1.05. The highest BCUT2D eigenvalue weighted by Gasteiger charge is 2.10. The Morgan fingerprint density at radius 2 is 2.22 bits per heavy atom. The van der Waals surface area contributed by atoms with Crippen molar-refractivity contribution in [1.82, 2.24) is 14.2 Å². The minimum atomic E-state index is -0.667. The normalized spacial score (nSPS) is 11.0. The van der Waals surface area contributed by atoms with E-state index in [1.807, 2.05) is 0 Å². The monoisotopic (exact) mass is 332 g/mol. The van der Waals surface area contributed by atoms with Crippen LogP contribution in [0.5, 0.6) is 0 Å². The maximum atomic E-state index is 11.8. The quantitative estimate of drug-likeness (QED) is 0.427. The summed E-state index contributed by atoms with van der Waals surface area (Å²) in [5.41, 5.74) is 3.98. The number of carbonyl (C=O) groups excluding carboxylic acids is 1. The van der Waals surface area contributed by atoms with Gasteiger partial charge < -0.3 is 9.73 Å². The number of carbonyl (C=O) groups is 1. The van der Waals surface area contributed by atoms with Gasteiger partial charge in [0.15, 0.2) is 5.76 Å². The number of nitrogens with one attached hydrogen (secondary N) is 2. The van der Waals surface area contributed by atoms with Crippen LogP contribution in [0.1, 0.15) is 5.76 Å². The minimum absolute atomic E-state index is 0.141. The lowest BCUT2D eigenvalue weighted by atomic mass is 10.2. The van der Waals surface area contributed by atoms with E-state index in [4.69, 9.17) is 4.42 Å². The molecular formula is C12H8N6O4S. The number of rotatable bonds is 4. The molecule has 1 aromatic carbocycles. The SMILES string of the molecule is O=C(N/N=C/c1ccc([N+](=O)[O-])o1)Nc1cccc2nsnc12. The van der Waals surface area contributed by atoms with Gasteiger partial charge in [-0.15, -0.1) is 0 Å². The van der Waals surface area contributed by atoms with Gasteiger partial charge in [0.1, 0.15) is 16.0 Å². The predicted molar refractivity (Wildman–Crippen MR) is 82.5 cm³/mol. The van der Waals surface area contributed by atoms with Crippen LogP contribution < -0.4 is 10.7 Å². The molecule has 0 bridgehead atoms. The fraction of sp³-hybridized carbons (Fsp3) is 0. The first kappa shape index (κ1) is 14.6. The molecule has 0 unspecified atom stereocenters. The van der Waals surface area contributed by atoms with Gasteiger partial charge in [-0.05, 0) is 18.2 Å². The highest BCUT2D eigenvalue weighted by atomic mass is 32.1. The number of furan rings is 1. The molecule has 116 valence electrons. The zero-order valence-electron chi connectivity index (χ0n) is 11.3. The summed E-state index contributed by atoms with van der Waals surface area (Å²) < 4.78 is 13.0. The van der Waals surface area contributed by atoms with E-state index in [1.54, 1.807) is 18.2 Å². The van der Waals surface area contributed by atoms with Gasteiger partial charge in [0.05, 0.1) is 29.7 Å². The smallest absolute Gasteiger partial charge is 0.400 e. The molecule has 11 heteroatoms. The van der Waals surface area contributed by atoms with Gasteiger partial charge in [0.25, 0.3) is 0 Å². The van der Waals surface area contributed by atoms with Gasteiger partial charge >= 0.3 is 11.9 Å². The summed E-state index contributed by atoms with van der Waals surface area (Å²) in [4.78, 5) is 21.6. The van der Waals surface area contributed by atoms with Crippen molar-refractivity contribution in [1.29, 1.82) is 0 Å². The van der Waals surface area contributed by atoms with Gasteiger partial charge in [-0.3, -0.25) is 10.1 Å². The van der Waals surface area contributed by atoms with Crippen LogP contribution in [-0.4, -0.2) is 25.9 Å². The molecule has 0 aliphatic carbocycles. The van der Waals surface area contributed by atoms with Crippen molar-refractivity contribution in [2.45, 2.75) is 0 Å². The van der Waals surface area contributed by atoms with Crippen LogP contribution in [0.2, 0.25) is 0 Å². The fourth-order valence-electron chi connectivity index (χ4n) is 1.72. The van der Waals surface area contributed by atoms with Crippen molar-refractivity contribution >= 4 is 46.6 Å². The number of hydrogen-bond donors (Lipinski definition) is 2. The lowest BCUT2D eigenvalue weighted by Crippen LogP contribution is -2.24. The van der Waals surface area contributed by atoms with Crippen LogP contribution in [0.3, 0.4) is 0 Å². The van der Waals surface area contributed by atoms with Crippen molar-refractivity contribution in [3.8, 4) is 0 Å². The van der Waals surface area contributed by atoms with Crippen LogP contribution in [0.25, 0.3) is 11.0 Å². The lowest BCUT2D eigenvalue weighted by molar-refractivity contribution is -0.402. The first-order valence-electron chi connectivity index (χ1n) is 6.19. The Bertz CT molecular complexity index is 902. The van der Waals surface area contributed by atoms with Crippen LogP contribution in [0.4, 0.5) is 16.4 Å². The Morgan fingerprint density at radius 3 is 3.00 bits per heavy atom. The summed E-state index contributed by atoms with van der Waals surface area (Å²) in [6.07, 6.45) is 1.15. The number of hydrazone groups is 1. The first-order chi connectivity index (χ1) is 11.1. The van der Waals surface area contributed by atoms with E-state index in [0.717, 1.165) is 17.9 Å². The maximum Gasteiger partial charge on any atom is 0.433 e. The molecule has 0 fully saturated rings. The Kier molecular flexibility index (Phi) is 3.93. The van der Waals surface area contributed by atoms with E-state index in [1.165, 1.54) is 12.1 Å². The van der Waals surface area contributed by atoms with Crippen molar-refractivity contribution in [2.24, 2.45) is 5.10 Å². The predicted octanol–water partition coefficient (Wildman–Crippen LogP) is 2.35. The average Bonchev–Trinajstić information content (AvgIpc) is 3.16. The van der Waals surface area contributed by atoms with E-state index in [0.29, 0.717) is 16.7 Å². The summed E-state index contributed by atoms with van der Waals surface area (Å²) in [5, 5.41) is 16.7. The molecule has 10 nitrogen and oxygen atoms in total. The van der Waals surface area contributed by atoms with Gasteiger partial charge in [0.2, 0.25) is 0 Å². The maximum absolute atomic E-state index is 11.8. The molecule has 2 N–H and O–H groups in total. The molecule has 0 spiro atoms. The Labute approximate surface area is 132 Å². The highest BCUT2D eigenvalue weighted by molar-refractivity contribution is 7.00. The summed E-state index contributed by atoms with van der Waals surface area (Å²) in [7, 11) is 0. The number of hydrogen-bond acceptors (Lipinski definition) is 8. The second-order valence-electron chi connectivity index (χ2n) is 4.19. The van der Waals surface area contributed by atoms with Gasteiger partial charge in [-0.2, -0.15) is 13.8 Å². The Hall–Kier alpha value is -3.34. The van der Waals surface area contributed by atoms with E-state index >= 15 is 0 Å². The van der Waals surface area contributed by atoms with E-state index in [9.17, 15) is 14.9 Å². The average molecular weight is 332 g/mol. The summed E-state index contributed by atoms with van der Waals surface area (Å²) in [5.74, 6) is -0.263. The molecule has 0 atom stereocenters. The van der Waals surface area contributed by atoms with E-state index in [-0.39, 0.29) is 5.76 Å². The highest BCUT2D eigenvalue weighted by Crippen LogP contribution is 2.20. The number of anilines is 1. The Balaban J connectivity index is 1.62. The molecule has 2 amide bonds. The van der Waals surface area contributed by atoms with Gasteiger partial charge in [0, 0.05) is 0 Å². The minimum Gasteiger partial charge on any atom is -0.400 e. The standard InChI is InChI=1S/C12H8N6O4S/c19-12(14-8-2-1-3-9-11(8)17-23-16-9)15-13-6-7-4-5-10(22-7)18(20)21/h1-6H,(H2,14,15,19)/b13-6+. The molecule has 0 aliphatic heterocycles. The van der Waals surface area contributed by atoms with Crippen molar-refractivity contribution in [3.63, 3.8) is 0 Å². The molecule has 2 aromatic heterocycles. The molecule has 0 saturated carbocycles. The third-order valence-electron chi connectivity index (χ3n) is 2.68. The van der Waals surface area contributed by atoms with Crippen molar-refractivity contribution < 1.29 is 14.1 Å². The summed E-state index contributed by atoms with van der Waals surface area (Å²) in [6, 6.07) is 7.17. The van der Waals surface area contributed by atoms with Crippen LogP contribution in [-0.2, 0) is 0 Å². The van der Waals surface area contributed by atoms with E-state index < -0.39 is 16.8 Å². The van der Waals surface area contributed by atoms with Gasteiger partial charge in [-0.25, -0.2) is 10.2 Å². The molecule has 0 radical (unpaired) electrons. The Morgan fingerprint density at radius 1 is 1.35 bits per heavy atom. The number of benzene rings is 1. The lowest BCUT2D eigenvalue weighted by Gasteiger charge is -2.03. The zero-order chi connectivity index (χ0) is 16.2. The number of nitrogens with zero attached hydrogens (tertiary/aromatic N) is 4. The molecule has 3 aromatic rings. The van der Waals surface area contributed by atoms with Crippen LogP contribution >= 0.6 is 11.7 Å². The molecule has 3 rings (SSSR count). The number of fused-ring (bicyclic) bond motifs is 1. The molecule has 2 heterocycles. The molecular weight excluding hydrogens is 324 g/mol. The largest absolute Gasteiger partial charge is 0.433 e. The second kappa shape index (κ2) is 6.19. The van der Waals surface area contributed by atoms with Crippen LogP contribution in [0.15, 0.2) is 39.9 Å². The second-order valence-corrected chi connectivity index (χ2v) is 4.72.